The van der Waals surface area contributed by atoms with Gasteiger partial charge >= 0.3 is 5.97 Å². The minimum Gasteiger partial charge on any atom is -0.476 e. The molecule has 0 saturated heterocycles. The number of carboxylic acids is 1. The van der Waals surface area contributed by atoms with Crippen molar-refractivity contribution < 1.29 is 14.3 Å². The Hall–Kier alpha value is -2.63. The molecule has 0 fully saturated rings. The number of hydrogen-bond donors (Lipinski definition) is 1. The van der Waals surface area contributed by atoms with Crippen molar-refractivity contribution in [3.63, 3.8) is 0 Å². The SMILES string of the molecule is O=C(O)c1nn(-c2ccc(Cl)cc2Cl)c2c1CCCCC2=Cc1ccc(F)cc1. The summed E-state index contributed by atoms with van der Waals surface area (Å²) >= 11 is 12.4. The molecule has 0 radical (unpaired) electrons. The van der Waals surface area contributed by atoms with Crippen molar-refractivity contribution in [2.75, 3.05) is 0 Å². The summed E-state index contributed by atoms with van der Waals surface area (Å²) in [6, 6.07) is 11.2. The van der Waals surface area contributed by atoms with E-state index in [-0.39, 0.29) is 11.5 Å². The van der Waals surface area contributed by atoms with Gasteiger partial charge in [0, 0.05) is 10.6 Å². The zero-order valence-corrected chi connectivity index (χ0v) is 16.8. The average molecular weight is 431 g/mol. The number of fused-ring (bicyclic) bond motifs is 1. The van der Waals surface area contributed by atoms with Crippen LogP contribution in [-0.4, -0.2) is 20.9 Å². The molecule has 0 unspecified atom stereocenters. The maximum atomic E-state index is 13.3. The molecule has 1 heterocycles. The van der Waals surface area contributed by atoms with Gasteiger partial charge in [0.05, 0.1) is 16.4 Å². The highest BCUT2D eigenvalue weighted by atomic mass is 35.5. The summed E-state index contributed by atoms with van der Waals surface area (Å²) in [5.41, 5.74) is 3.78. The van der Waals surface area contributed by atoms with E-state index in [2.05, 4.69) is 5.10 Å². The Bertz CT molecular complexity index is 1120. The van der Waals surface area contributed by atoms with E-state index in [0.717, 1.165) is 36.1 Å². The topological polar surface area (TPSA) is 55.1 Å². The molecule has 0 saturated carbocycles. The molecule has 0 bridgehead atoms. The molecule has 0 aliphatic heterocycles. The van der Waals surface area contributed by atoms with Gasteiger partial charge in [0.25, 0.3) is 0 Å². The van der Waals surface area contributed by atoms with Gasteiger partial charge in [0.1, 0.15) is 5.82 Å². The average Bonchev–Trinajstić information content (AvgIpc) is 2.93. The van der Waals surface area contributed by atoms with Gasteiger partial charge in [-0.15, -0.1) is 0 Å². The highest BCUT2D eigenvalue weighted by Crippen LogP contribution is 2.36. The second-order valence-electron chi connectivity index (χ2n) is 6.92. The second kappa shape index (κ2) is 8.01. The lowest BCUT2D eigenvalue weighted by Gasteiger charge is -2.13. The van der Waals surface area contributed by atoms with Crippen molar-refractivity contribution in [1.29, 1.82) is 0 Å². The lowest BCUT2D eigenvalue weighted by atomic mass is 10.0. The molecule has 3 aromatic rings. The summed E-state index contributed by atoms with van der Waals surface area (Å²) in [5, 5.41) is 15.0. The van der Waals surface area contributed by atoms with E-state index in [1.165, 1.54) is 12.1 Å². The Kier molecular flexibility index (Phi) is 5.43. The molecule has 7 heteroatoms. The van der Waals surface area contributed by atoms with Crippen LogP contribution < -0.4 is 0 Å². The molecule has 1 N–H and O–H groups in total. The summed E-state index contributed by atoms with van der Waals surface area (Å²) in [5.74, 6) is -1.38. The lowest BCUT2D eigenvalue weighted by molar-refractivity contribution is 0.0688. The van der Waals surface area contributed by atoms with Crippen LogP contribution in [0.2, 0.25) is 10.0 Å². The number of hydrogen-bond acceptors (Lipinski definition) is 2. The number of aromatic carboxylic acids is 1. The Labute approximate surface area is 177 Å². The van der Waals surface area contributed by atoms with Crippen molar-refractivity contribution in [1.82, 2.24) is 9.78 Å². The van der Waals surface area contributed by atoms with Crippen LogP contribution in [0.4, 0.5) is 4.39 Å². The molecule has 4 rings (SSSR count). The smallest absolute Gasteiger partial charge is 0.356 e. The molecule has 1 aromatic heterocycles. The summed E-state index contributed by atoms with van der Waals surface area (Å²) in [4.78, 5) is 11.9. The highest BCUT2D eigenvalue weighted by molar-refractivity contribution is 6.35. The number of rotatable bonds is 3. The van der Waals surface area contributed by atoms with Gasteiger partial charge in [-0.1, -0.05) is 35.3 Å². The molecule has 4 nitrogen and oxygen atoms in total. The third kappa shape index (κ3) is 3.93. The van der Waals surface area contributed by atoms with E-state index >= 15 is 0 Å². The first-order chi connectivity index (χ1) is 13.9. The predicted molar refractivity (Wildman–Crippen MR) is 112 cm³/mol. The fourth-order valence-electron chi connectivity index (χ4n) is 3.65. The number of carbonyl (C=O) groups is 1. The van der Waals surface area contributed by atoms with Gasteiger partial charge in [0.15, 0.2) is 5.69 Å². The van der Waals surface area contributed by atoms with Crippen molar-refractivity contribution in [3.8, 4) is 5.69 Å². The lowest BCUT2D eigenvalue weighted by Crippen LogP contribution is -2.04. The Morgan fingerprint density at radius 1 is 1.10 bits per heavy atom. The summed E-state index contributed by atoms with van der Waals surface area (Å²) in [6.45, 7) is 0. The molecule has 1 aliphatic carbocycles. The maximum absolute atomic E-state index is 13.3. The minimum atomic E-state index is -1.08. The number of halogens is 3. The number of benzene rings is 2. The van der Waals surface area contributed by atoms with Gasteiger partial charge in [0.2, 0.25) is 0 Å². The molecule has 0 amide bonds. The van der Waals surface area contributed by atoms with Gasteiger partial charge in [-0.25, -0.2) is 13.9 Å². The van der Waals surface area contributed by atoms with Crippen LogP contribution in [0.1, 0.15) is 46.6 Å². The zero-order chi connectivity index (χ0) is 20.5. The van der Waals surface area contributed by atoms with E-state index in [4.69, 9.17) is 23.2 Å². The molecule has 0 atom stereocenters. The largest absolute Gasteiger partial charge is 0.476 e. The second-order valence-corrected chi connectivity index (χ2v) is 7.76. The van der Waals surface area contributed by atoms with Gasteiger partial charge < -0.3 is 5.11 Å². The van der Waals surface area contributed by atoms with Crippen LogP contribution in [0.5, 0.6) is 0 Å². The zero-order valence-electron chi connectivity index (χ0n) is 15.3. The summed E-state index contributed by atoms with van der Waals surface area (Å²) < 4.78 is 14.9. The standard InChI is InChI=1S/C22H17Cl2FN2O2/c23-15-7-10-19(18(24)12-15)27-21-14(11-13-5-8-16(25)9-6-13)3-1-2-4-17(21)20(26-27)22(28)29/h5-12H,1-4H2,(H,28,29). The normalized spacial score (nSPS) is 15.2. The molecular weight excluding hydrogens is 414 g/mol. The van der Waals surface area contributed by atoms with Crippen LogP contribution in [0, 0.1) is 5.82 Å². The van der Waals surface area contributed by atoms with Crippen molar-refractivity contribution in [2.24, 2.45) is 0 Å². The third-order valence-electron chi connectivity index (χ3n) is 4.96. The molecule has 148 valence electrons. The molecule has 1 aliphatic rings. The number of allylic oxidation sites excluding steroid dienone is 1. The van der Waals surface area contributed by atoms with E-state index < -0.39 is 5.97 Å². The summed E-state index contributed by atoms with van der Waals surface area (Å²) in [6.07, 6.45) is 5.09. The first kappa shape index (κ1) is 19.7. The van der Waals surface area contributed by atoms with Crippen LogP contribution in [0.25, 0.3) is 17.3 Å². The van der Waals surface area contributed by atoms with Crippen LogP contribution in [0.15, 0.2) is 42.5 Å². The van der Waals surface area contributed by atoms with Crippen molar-refractivity contribution in [3.05, 3.63) is 80.8 Å². The van der Waals surface area contributed by atoms with Gasteiger partial charge in [-0.05, 0) is 73.2 Å². The first-order valence-electron chi connectivity index (χ1n) is 9.21. The molecule has 29 heavy (non-hydrogen) atoms. The third-order valence-corrected chi connectivity index (χ3v) is 5.50. The Morgan fingerprint density at radius 2 is 1.83 bits per heavy atom. The number of nitrogens with zero attached hydrogens (tertiary/aromatic N) is 2. The van der Waals surface area contributed by atoms with E-state index in [9.17, 15) is 14.3 Å². The Morgan fingerprint density at radius 3 is 2.52 bits per heavy atom. The predicted octanol–water partition coefficient (Wildman–Crippen LogP) is 6.28. The minimum absolute atomic E-state index is 0.0259. The van der Waals surface area contributed by atoms with Crippen LogP contribution in [0.3, 0.4) is 0 Å². The highest BCUT2D eigenvalue weighted by Gasteiger charge is 2.27. The number of aromatic nitrogens is 2. The molecular formula is C22H17Cl2FN2O2. The summed E-state index contributed by atoms with van der Waals surface area (Å²) in [7, 11) is 0. The van der Waals surface area contributed by atoms with E-state index in [1.807, 2.05) is 6.08 Å². The maximum Gasteiger partial charge on any atom is 0.356 e. The fraction of sp³-hybridized carbons (Fsp3) is 0.182. The fourth-order valence-corrected chi connectivity index (χ4v) is 4.14. The molecule has 2 aromatic carbocycles. The van der Waals surface area contributed by atoms with Gasteiger partial charge in [-0.2, -0.15) is 5.10 Å². The van der Waals surface area contributed by atoms with Crippen LogP contribution in [-0.2, 0) is 6.42 Å². The van der Waals surface area contributed by atoms with Gasteiger partial charge in [-0.3, -0.25) is 0 Å². The van der Waals surface area contributed by atoms with Crippen molar-refractivity contribution >= 4 is 40.8 Å². The van der Waals surface area contributed by atoms with E-state index in [0.29, 0.717) is 27.7 Å². The van der Waals surface area contributed by atoms with Crippen molar-refractivity contribution in [2.45, 2.75) is 25.7 Å². The first-order valence-corrected chi connectivity index (χ1v) is 9.97. The Balaban J connectivity index is 1.96. The monoisotopic (exact) mass is 430 g/mol. The van der Waals surface area contributed by atoms with Crippen LogP contribution >= 0.6 is 23.2 Å². The van der Waals surface area contributed by atoms with E-state index in [1.54, 1.807) is 35.0 Å². The molecule has 0 spiro atoms. The quantitative estimate of drug-likeness (QED) is 0.497. The number of carboxylic acid groups (broad SMARTS) is 1.